The molecule has 1 aliphatic heterocycles. The van der Waals surface area contributed by atoms with Crippen LogP contribution in [-0.2, 0) is 9.53 Å². The van der Waals surface area contributed by atoms with E-state index in [9.17, 15) is 4.79 Å². The number of hydrogen-bond donors (Lipinski definition) is 1. The summed E-state index contributed by atoms with van der Waals surface area (Å²) in [6.07, 6.45) is -0.318. The average molecular weight is 219 g/mol. The van der Waals surface area contributed by atoms with Crippen LogP contribution in [0.4, 0.5) is 0 Å². The van der Waals surface area contributed by atoms with Gasteiger partial charge in [0.2, 0.25) is 0 Å². The molecule has 2 rings (SSSR count). The molecular weight excluding hydrogens is 202 g/mol. The van der Waals surface area contributed by atoms with Crippen molar-refractivity contribution in [3.8, 4) is 0 Å². The standard InChI is InChI=1S/C13H17NO2/c1-9(2)13(3)12(15)16-11(14-13)10-7-5-4-6-8-10/h4-9,11,14H,1-3H3. The third kappa shape index (κ3) is 1.71. The number of hydrogen-bond acceptors (Lipinski definition) is 3. The second-order valence-electron chi connectivity index (χ2n) is 4.70. The molecule has 0 saturated carbocycles. The lowest BCUT2D eigenvalue weighted by Crippen LogP contribution is -2.47. The molecule has 0 bridgehead atoms. The van der Waals surface area contributed by atoms with Crippen LogP contribution in [0.1, 0.15) is 32.6 Å². The van der Waals surface area contributed by atoms with Gasteiger partial charge in [-0.05, 0) is 12.8 Å². The molecule has 1 N–H and O–H groups in total. The van der Waals surface area contributed by atoms with E-state index >= 15 is 0 Å². The molecule has 3 heteroatoms. The first-order chi connectivity index (χ1) is 7.54. The van der Waals surface area contributed by atoms with Crippen molar-refractivity contribution in [2.45, 2.75) is 32.5 Å². The van der Waals surface area contributed by atoms with Crippen molar-refractivity contribution < 1.29 is 9.53 Å². The van der Waals surface area contributed by atoms with Crippen molar-refractivity contribution in [2.75, 3.05) is 0 Å². The van der Waals surface area contributed by atoms with Crippen molar-refractivity contribution in [3.63, 3.8) is 0 Å². The molecule has 1 fully saturated rings. The van der Waals surface area contributed by atoms with E-state index < -0.39 is 5.54 Å². The number of carbonyl (C=O) groups excluding carboxylic acids is 1. The number of esters is 1. The van der Waals surface area contributed by atoms with Crippen LogP contribution in [0.2, 0.25) is 0 Å². The highest BCUT2D eigenvalue weighted by atomic mass is 16.6. The first-order valence-electron chi connectivity index (χ1n) is 5.58. The van der Waals surface area contributed by atoms with E-state index in [0.717, 1.165) is 5.56 Å². The highest BCUT2D eigenvalue weighted by molar-refractivity contribution is 5.82. The monoisotopic (exact) mass is 219 g/mol. The minimum Gasteiger partial charge on any atom is -0.441 e. The molecule has 1 aromatic carbocycles. The Kier molecular flexibility index (Phi) is 2.72. The number of benzene rings is 1. The molecule has 0 spiro atoms. The maximum Gasteiger partial charge on any atom is 0.328 e. The van der Waals surface area contributed by atoms with Crippen molar-refractivity contribution >= 4 is 5.97 Å². The topological polar surface area (TPSA) is 38.3 Å². The maximum absolute atomic E-state index is 11.8. The van der Waals surface area contributed by atoms with E-state index in [1.54, 1.807) is 0 Å². The molecule has 1 heterocycles. The molecular formula is C13H17NO2. The van der Waals surface area contributed by atoms with Crippen LogP contribution in [0, 0.1) is 5.92 Å². The van der Waals surface area contributed by atoms with Gasteiger partial charge in [-0.2, -0.15) is 0 Å². The Balaban J connectivity index is 2.22. The van der Waals surface area contributed by atoms with Crippen LogP contribution in [0.3, 0.4) is 0 Å². The molecule has 16 heavy (non-hydrogen) atoms. The third-order valence-electron chi connectivity index (χ3n) is 3.34. The Bertz CT molecular complexity index is 388. The molecule has 3 nitrogen and oxygen atoms in total. The van der Waals surface area contributed by atoms with E-state index in [4.69, 9.17) is 4.74 Å². The van der Waals surface area contributed by atoms with Gasteiger partial charge in [0, 0.05) is 5.56 Å². The summed E-state index contributed by atoms with van der Waals surface area (Å²) in [5.74, 6) is 0.0325. The second-order valence-corrected chi connectivity index (χ2v) is 4.70. The molecule has 1 aromatic rings. The van der Waals surface area contributed by atoms with Gasteiger partial charge in [0.1, 0.15) is 5.54 Å². The van der Waals surface area contributed by atoms with Gasteiger partial charge in [-0.25, -0.2) is 4.79 Å². The quantitative estimate of drug-likeness (QED) is 0.775. The number of nitrogens with one attached hydrogen (secondary N) is 1. The van der Waals surface area contributed by atoms with E-state index in [1.807, 2.05) is 51.1 Å². The Morgan fingerprint density at radius 1 is 1.31 bits per heavy atom. The van der Waals surface area contributed by atoms with E-state index in [-0.39, 0.29) is 18.1 Å². The van der Waals surface area contributed by atoms with Crippen LogP contribution in [-0.4, -0.2) is 11.5 Å². The third-order valence-corrected chi connectivity index (χ3v) is 3.34. The van der Waals surface area contributed by atoms with Gasteiger partial charge >= 0.3 is 5.97 Å². The molecule has 0 aliphatic carbocycles. The van der Waals surface area contributed by atoms with Crippen LogP contribution >= 0.6 is 0 Å². The minimum absolute atomic E-state index is 0.170. The van der Waals surface area contributed by atoms with Crippen LogP contribution in [0.5, 0.6) is 0 Å². The summed E-state index contributed by atoms with van der Waals surface area (Å²) in [6.45, 7) is 5.92. The SMILES string of the molecule is CC(C)C1(C)NC(c2ccccc2)OC1=O. The van der Waals surface area contributed by atoms with Gasteiger partial charge in [-0.15, -0.1) is 0 Å². The Morgan fingerprint density at radius 3 is 2.44 bits per heavy atom. The Hall–Kier alpha value is -1.35. The van der Waals surface area contributed by atoms with Crippen molar-refractivity contribution in [3.05, 3.63) is 35.9 Å². The lowest BCUT2D eigenvalue weighted by Gasteiger charge is -2.24. The average Bonchev–Trinajstić information content (AvgIpc) is 2.58. The normalized spacial score (nSPS) is 29.5. The Labute approximate surface area is 95.8 Å². The predicted molar refractivity (Wildman–Crippen MR) is 61.7 cm³/mol. The minimum atomic E-state index is -0.583. The fraction of sp³-hybridized carbons (Fsp3) is 0.462. The zero-order chi connectivity index (χ0) is 11.8. The number of carbonyl (C=O) groups is 1. The Morgan fingerprint density at radius 2 is 1.94 bits per heavy atom. The van der Waals surface area contributed by atoms with Crippen molar-refractivity contribution in [2.24, 2.45) is 5.92 Å². The van der Waals surface area contributed by atoms with Crippen molar-refractivity contribution in [1.82, 2.24) is 5.32 Å². The lowest BCUT2D eigenvalue weighted by molar-refractivity contribution is -0.146. The molecule has 1 saturated heterocycles. The van der Waals surface area contributed by atoms with Gasteiger partial charge < -0.3 is 4.74 Å². The summed E-state index contributed by atoms with van der Waals surface area (Å²) >= 11 is 0. The van der Waals surface area contributed by atoms with E-state index in [1.165, 1.54) is 0 Å². The predicted octanol–water partition coefficient (Wildman–Crippen LogP) is 2.25. The fourth-order valence-electron chi connectivity index (χ4n) is 1.77. The smallest absolute Gasteiger partial charge is 0.328 e. The molecule has 2 unspecified atom stereocenters. The van der Waals surface area contributed by atoms with Crippen LogP contribution in [0.25, 0.3) is 0 Å². The van der Waals surface area contributed by atoms with Gasteiger partial charge in [-0.1, -0.05) is 44.2 Å². The van der Waals surface area contributed by atoms with Gasteiger partial charge in [0.25, 0.3) is 0 Å². The first-order valence-corrected chi connectivity index (χ1v) is 5.58. The molecule has 1 aliphatic rings. The molecule has 0 amide bonds. The first kappa shape index (κ1) is 11.1. The zero-order valence-electron chi connectivity index (χ0n) is 9.86. The second kappa shape index (κ2) is 3.91. The number of rotatable bonds is 2. The summed E-state index contributed by atoms with van der Waals surface area (Å²) in [4.78, 5) is 11.8. The summed E-state index contributed by atoms with van der Waals surface area (Å²) in [6, 6.07) is 9.74. The highest BCUT2D eigenvalue weighted by Crippen LogP contribution is 2.31. The summed E-state index contributed by atoms with van der Waals surface area (Å²) in [5.41, 5.74) is 0.403. The molecule has 0 aromatic heterocycles. The lowest BCUT2D eigenvalue weighted by atomic mass is 9.89. The van der Waals surface area contributed by atoms with Gasteiger partial charge in [-0.3, -0.25) is 5.32 Å². The zero-order valence-corrected chi connectivity index (χ0v) is 9.86. The highest BCUT2D eigenvalue weighted by Gasteiger charge is 2.47. The molecule has 86 valence electrons. The summed E-state index contributed by atoms with van der Waals surface area (Å²) in [7, 11) is 0. The van der Waals surface area contributed by atoms with Crippen molar-refractivity contribution in [1.29, 1.82) is 0 Å². The van der Waals surface area contributed by atoms with Gasteiger partial charge in [0.05, 0.1) is 0 Å². The molecule has 2 atom stereocenters. The van der Waals surface area contributed by atoms with E-state index in [2.05, 4.69) is 5.32 Å². The fourth-order valence-corrected chi connectivity index (χ4v) is 1.77. The largest absolute Gasteiger partial charge is 0.441 e. The number of ether oxygens (including phenoxy) is 1. The molecule has 0 radical (unpaired) electrons. The van der Waals surface area contributed by atoms with Crippen LogP contribution in [0.15, 0.2) is 30.3 Å². The van der Waals surface area contributed by atoms with Crippen LogP contribution < -0.4 is 5.32 Å². The number of cyclic esters (lactones) is 1. The maximum atomic E-state index is 11.8. The summed E-state index contributed by atoms with van der Waals surface area (Å²) < 4.78 is 5.37. The summed E-state index contributed by atoms with van der Waals surface area (Å²) in [5, 5.41) is 3.26. The van der Waals surface area contributed by atoms with E-state index in [0.29, 0.717) is 0 Å². The van der Waals surface area contributed by atoms with Gasteiger partial charge in [0.15, 0.2) is 6.23 Å².